The monoisotopic (exact) mass is 474 g/mol. The molecule has 0 amide bonds. The summed E-state index contributed by atoms with van der Waals surface area (Å²) in [5, 5.41) is 0. The molecule has 2 aliphatic rings. The number of hydrogen-bond acceptors (Lipinski definition) is 6. The van der Waals surface area contributed by atoms with Gasteiger partial charge >= 0.3 is 5.97 Å². The molecule has 1 fully saturated rings. The van der Waals surface area contributed by atoms with Crippen molar-refractivity contribution in [2.24, 2.45) is 10.3 Å². The Morgan fingerprint density at radius 1 is 0.824 bits per heavy atom. The molecule has 0 spiro atoms. The largest absolute Gasteiger partial charge is 0.426 e. The molecule has 34 heavy (non-hydrogen) atoms. The van der Waals surface area contributed by atoms with E-state index in [-0.39, 0.29) is 22.6 Å². The Morgan fingerprint density at radius 2 is 1.44 bits per heavy atom. The number of piperidine rings is 1. The zero-order valence-electron chi connectivity index (χ0n) is 18.3. The molecule has 2 heterocycles. The highest BCUT2D eigenvalue weighted by molar-refractivity contribution is 7.90. The number of hydrogen-bond donors (Lipinski definition) is 0. The lowest BCUT2D eigenvalue weighted by molar-refractivity contribution is -0.140. The molecule has 3 aromatic rings. The third-order valence-electron chi connectivity index (χ3n) is 6.11. The van der Waals surface area contributed by atoms with Crippen molar-refractivity contribution in [1.29, 1.82) is 0 Å². The van der Waals surface area contributed by atoms with Gasteiger partial charge in [-0.1, -0.05) is 42.5 Å². The molecule has 0 aromatic heterocycles. The molecule has 5 rings (SSSR count). The summed E-state index contributed by atoms with van der Waals surface area (Å²) in [7, 11) is -3.67. The van der Waals surface area contributed by atoms with Crippen LogP contribution in [0.15, 0.2) is 88.2 Å². The number of likely N-dealkylation sites (tertiary alicyclic amines) is 1. The molecule has 3 aromatic carbocycles. The van der Waals surface area contributed by atoms with Crippen LogP contribution in [0, 0.1) is 5.92 Å². The predicted octanol–water partition coefficient (Wildman–Crippen LogP) is 3.68. The van der Waals surface area contributed by atoms with Crippen LogP contribution in [0.1, 0.15) is 34.3 Å². The Hall–Kier alpha value is -3.78. The molecule has 172 valence electrons. The van der Waals surface area contributed by atoms with Crippen LogP contribution in [0.3, 0.4) is 0 Å². The fraction of sp³-hybridized carbons (Fsp3) is 0.192. The minimum absolute atomic E-state index is 0.0933. The van der Waals surface area contributed by atoms with Crippen molar-refractivity contribution in [1.82, 2.24) is 4.90 Å². The number of sulfonamides is 1. The number of nitrogens with zero attached hydrogens (tertiary/aromatic N) is 2. The summed E-state index contributed by atoms with van der Waals surface area (Å²) in [5.41, 5.74) is 1.72. The van der Waals surface area contributed by atoms with Gasteiger partial charge in [0.25, 0.3) is 10.0 Å². The number of ether oxygens (including phenoxy) is 1. The van der Waals surface area contributed by atoms with Gasteiger partial charge < -0.3 is 9.64 Å². The fourth-order valence-corrected chi connectivity index (χ4v) is 5.50. The van der Waals surface area contributed by atoms with E-state index in [0.29, 0.717) is 54.2 Å². The average Bonchev–Trinajstić information content (AvgIpc) is 3.15. The number of rotatable bonds is 4. The van der Waals surface area contributed by atoms with E-state index in [1.807, 2.05) is 23.1 Å². The molecule has 0 radical (unpaired) electrons. The highest BCUT2D eigenvalue weighted by atomic mass is 32.2. The lowest BCUT2D eigenvalue weighted by Gasteiger charge is -2.32. The SMILES string of the molecule is O=C(c1ccccc1)c1ccc(OC(=O)C2CCN(C3=NS(=O)(=O)c4ccccc43)CC2)cc1. The molecule has 0 atom stereocenters. The maximum atomic E-state index is 12.7. The molecule has 8 heteroatoms. The molecule has 1 saturated heterocycles. The summed E-state index contributed by atoms with van der Waals surface area (Å²) in [4.78, 5) is 27.4. The Morgan fingerprint density at radius 3 is 2.15 bits per heavy atom. The van der Waals surface area contributed by atoms with E-state index in [9.17, 15) is 18.0 Å². The van der Waals surface area contributed by atoms with Crippen LogP contribution in [0.4, 0.5) is 0 Å². The second kappa shape index (κ2) is 8.87. The summed E-state index contributed by atoms with van der Waals surface area (Å²) in [5.74, 6) is 0.112. The van der Waals surface area contributed by atoms with Gasteiger partial charge in [-0.25, -0.2) is 0 Å². The Kier molecular flexibility index (Phi) is 5.75. The van der Waals surface area contributed by atoms with Gasteiger partial charge in [-0.2, -0.15) is 8.42 Å². The molecule has 0 aliphatic carbocycles. The van der Waals surface area contributed by atoms with Crippen LogP contribution >= 0.6 is 0 Å². The summed E-state index contributed by atoms with van der Waals surface area (Å²) in [6.07, 6.45) is 1.06. The van der Waals surface area contributed by atoms with Gasteiger partial charge in [-0.3, -0.25) is 9.59 Å². The molecule has 0 bridgehead atoms. The number of esters is 1. The average molecular weight is 475 g/mol. The van der Waals surface area contributed by atoms with Crippen LogP contribution in [0.2, 0.25) is 0 Å². The molecule has 0 N–H and O–H groups in total. The second-order valence-electron chi connectivity index (χ2n) is 8.29. The van der Waals surface area contributed by atoms with Crippen LogP contribution in [-0.2, 0) is 14.8 Å². The van der Waals surface area contributed by atoms with Gasteiger partial charge in [-0.15, -0.1) is 4.40 Å². The third-order valence-corrected chi connectivity index (χ3v) is 7.44. The van der Waals surface area contributed by atoms with Crippen molar-refractivity contribution in [3.63, 3.8) is 0 Å². The van der Waals surface area contributed by atoms with E-state index in [4.69, 9.17) is 4.74 Å². The highest BCUT2D eigenvalue weighted by Crippen LogP contribution is 2.30. The van der Waals surface area contributed by atoms with E-state index < -0.39 is 10.0 Å². The lowest BCUT2D eigenvalue weighted by atomic mass is 9.96. The van der Waals surface area contributed by atoms with Crippen LogP contribution in [0.5, 0.6) is 5.75 Å². The third kappa shape index (κ3) is 4.24. The summed E-state index contributed by atoms with van der Waals surface area (Å²) < 4.78 is 34.2. The predicted molar refractivity (Wildman–Crippen MR) is 126 cm³/mol. The Labute approximate surface area is 197 Å². The number of amidine groups is 1. The van der Waals surface area contributed by atoms with Crippen LogP contribution in [-0.4, -0.2) is 44.0 Å². The molecular weight excluding hydrogens is 452 g/mol. The standard InChI is InChI=1S/C26H22N2O5S/c29-24(18-6-2-1-3-7-18)19-10-12-21(13-11-19)33-26(30)20-14-16-28(17-15-20)25-22-8-4-5-9-23(22)34(31,32)27-25/h1-13,20H,14-17H2. The quantitative estimate of drug-likeness (QED) is 0.325. The highest BCUT2D eigenvalue weighted by Gasteiger charge is 2.34. The lowest BCUT2D eigenvalue weighted by Crippen LogP contribution is -2.41. The number of ketones is 1. The second-order valence-corrected chi connectivity index (χ2v) is 9.86. The normalized spacial score (nSPS) is 17.1. The summed E-state index contributed by atoms with van der Waals surface area (Å²) >= 11 is 0. The van der Waals surface area contributed by atoms with Crippen molar-refractivity contribution >= 4 is 27.6 Å². The number of carbonyl (C=O) groups excluding carboxylic acids is 2. The zero-order valence-corrected chi connectivity index (χ0v) is 19.1. The van der Waals surface area contributed by atoms with Crippen molar-refractivity contribution in [2.75, 3.05) is 13.1 Å². The fourth-order valence-electron chi connectivity index (χ4n) is 4.27. The zero-order chi connectivity index (χ0) is 23.7. The molecule has 2 aliphatic heterocycles. The van der Waals surface area contributed by atoms with E-state index in [2.05, 4.69) is 4.40 Å². The van der Waals surface area contributed by atoms with Crippen LogP contribution < -0.4 is 4.74 Å². The first kappa shape index (κ1) is 22.0. The number of fused-ring (bicyclic) bond motifs is 1. The summed E-state index contributed by atoms with van der Waals surface area (Å²) in [6, 6.07) is 22.3. The van der Waals surface area contributed by atoms with Crippen molar-refractivity contribution in [2.45, 2.75) is 17.7 Å². The first-order valence-corrected chi connectivity index (χ1v) is 12.5. The topological polar surface area (TPSA) is 93.1 Å². The molecular formula is C26H22N2O5S. The van der Waals surface area contributed by atoms with Crippen molar-refractivity contribution < 1.29 is 22.7 Å². The van der Waals surface area contributed by atoms with Gasteiger partial charge in [0.2, 0.25) is 0 Å². The molecule has 0 unspecified atom stereocenters. The number of carbonyl (C=O) groups is 2. The van der Waals surface area contributed by atoms with E-state index in [1.165, 1.54) is 0 Å². The molecule has 0 saturated carbocycles. The first-order valence-electron chi connectivity index (χ1n) is 11.0. The molecule has 7 nitrogen and oxygen atoms in total. The minimum Gasteiger partial charge on any atom is -0.426 e. The smallest absolute Gasteiger partial charge is 0.314 e. The van der Waals surface area contributed by atoms with E-state index in [0.717, 1.165) is 0 Å². The van der Waals surface area contributed by atoms with Gasteiger partial charge in [0.05, 0.1) is 5.92 Å². The maximum absolute atomic E-state index is 12.7. The first-order chi connectivity index (χ1) is 16.4. The van der Waals surface area contributed by atoms with Crippen molar-refractivity contribution in [3.8, 4) is 5.75 Å². The van der Waals surface area contributed by atoms with E-state index in [1.54, 1.807) is 60.7 Å². The van der Waals surface area contributed by atoms with Gasteiger partial charge in [-0.05, 0) is 49.2 Å². The van der Waals surface area contributed by atoms with Gasteiger partial charge in [0, 0.05) is 29.8 Å². The van der Waals surface area contributed by atoms with Gasteiger partial charge in [0.1, 0.15) is 10.6 Å². The minimum atomic E-state index is -3.67. The summed E-state index contributed by atoms with van der Waals surface area (Å²) in [6.45, 7) is 1.01. The van der Waals surface area contributed by atoms with E-state index >= 15 is 0 Å². The number of benzene rings is 3. The van der Waals surface area contributed by atoms with Gasteiger partial charge in [0.15, 0.2) is 11.6 Å². The van der Waals surface area contributed by atoms with Crippen LogP contribution in [0.25, 0.3) is 0 Å². The van der Waals surface area contributed by atoms with Crippen molar-refractivity contribution in [3.05, 3.63) is 95.6 Å². The Balaban J connectivity index is 1.20. The Bertz CT molecular complexity index is 1370. The maximum Gasteiger partial charge on any atom is 0.314 e.